The molecule has 0 aliphatic heterocycles. The van der Waals surface area contributed by atoms with Gasteiger partial charge in [0, 0.05) is 23.9 Å². The maximum atomic E-state index is 6.14. The second-order valence-electron chi connectivity index (χ2n) is 4.11. The van der Waals surface area contributed by atoms with Gasteiger partial charge in [-0.05, 0) is 25.1 Å². The molecule has 0 saturated carbocycles. The zero-order valence-corrected chi connectivity index (χ0v) is 10.9. The van der Waals surface area contributed by atoms with Crippen molar-refractivity contribution in [2.24, 2.45) is 12.8 Å². The number of rotatable bonds is 4. The molecular formula is C13H17N3S. The predicted molar refractivity (Wildman–Crippen MR) is 72.0 cm³/mol. The third kappa shape index (κ3) is 3.11. The van der Waals surface area contributed by atoms with Crippen molar-refractivity contribution in [1.29, 1.82) is 0 Å². The van der Waals surface area contributed by atoms with Crippen LogP contribution >= 0.6 is 11.8 Å². The van der Waals surface area contributed by atoms with E-state index >= 15 is 0 Å². The lowest BCUT2D eigenvalue weighted by atomic mass is 10.2. The Bertz CT molecular complexity index is 476. The van der Waals surface area contributed by atoms with Crippen molar-refractivity contribution in [3.05, 3.63) is 47.8 Å². The lowest BCUT2D eigenvalue weighted by molar-refractivity contribution is 0.659. The van der Waals surface area contributed by atoms with Crippen LogP contribution in [0, 0.1) is 6.92 Å². The lowest BCUT2D eigenvalue weighted by Gasteiger charge is -2.11. The molecule has 0 radical (unpaired) electrons. The number of thioether (sulfide) groups is 1. The molecule has 1 unspecified atom stereocenters. The van der Waals surface area contributed by atoms with E-state index in [1.807, 2.05) is 17.8 Å². The molecule has 3 nitrogen and oxygen atoms in total. The molecule has 1 aromatic carbocycles. The minimum Gasteiger partial charge on any atom is -0.322 e. The Hall–Kier alpha value is -1.26. The molecular weight excluding hydrogens is 230 g/mol. The summed E-state index contributed by atoms with van der Waals surface area (Å²) in [6.07, 6.45) is 1.78. The van der Waals surface area contributed by atoms with E-state index in [1.54, 1.807) is 18.0 Å². The minimum atomic E-state index is 0.0220. The maximum absolute atomic E-state index is 6.14. The number of aryl methyl sites for hydroxylation is 2. The normalized spacial score (nSPS) is 12.6. The number of hydrogen-bond donors (Lipinski definition) is 1. The summed E-state index contributed by atoms with van der Waals surface area (Å²) in [5.41, 5.74) is 8.49. The van der Waals surface area contributed by atoms with E-state index in [2.05, 4.69) is 36.3 Å². The van der Waals surface area contributed by atoms with E-state index in [0.29, 0.717) is 0 Å². The van der Waals surface area contributed by atoms with Crippen molar-refractivity contribution < 1.29 is 0 Å². The first kappa shape index (κ1) is 12.2. The fourth-order valence-corrected chi connectivity index (χ4v) is 2.52. The summed E-state index contributed by atoms with van der Waals surface area (Å²) in [4.78, 5) is 1.26. The van der Waals surface area contributed by atoms with Crippen molar-refractivity contribution in [3.63, 3.8) is 0 Å². The van der Waals surface area contributed by atoms with E-state index in [-0.39, 0.29) is 6.04 Å². The molecule has 0 fully saturated rings. The topological polar surface area (TPSA) is 43.8 Å². The first-order chi connectivity index (χ1) is 8.16. The monoisotopic (exact) mass is 247 g/mol. The molecule has 1 atom stereocenters. The number of benzene rings is 1. The largest absolute Gasteiger partial charge is 0.322 e. The first-order valence-corrected chi connectivity index (χ1v) is 6.58. The summed E-state index contributed by atoms with van der Waals surface area (Å²) in [7, 11) is 1.92. The fourth-order valence-electron chi connectivity index (χ4n) is 1.65. The molecule has 0 aliphatic carbocycles. The summed E-state index contributed by atoms with van der Waals surface area (Å²) in [5, 5.41) is 4.13. The fraction of sp³-hybridized carbons (Fsp3) is 0.308. The van der Waals surface area contributed by atoms with E-state index < -0.39 is 0 Å². The maximum Gasteiger partial charge on any atom is 0.0562 e. The van der Waals surface area contributed by atoms with Gasteiger partial charge in [-0.2, -0.15) is 5.10 Å². The molecule has 17 heavy (non-hydrogen) atoms. The zero-order chi connectivity index (χ0) is 12.3. The van der Waals surface area contributed by atoms with Gasteiger partial charge >= 0.3 is 0 Å². The third-order valence-electron chi connectivity index (χ3n) is 2.69. The summed E-state index contributed by atoms with van der Waals surface area (Å²) in [6, 6.07) is 10.5. The van der Waals surface area contributed by atoms with Gasteiger partial charge in [0.15, 0.2) is 0 Å². The van der Waals surface area contributed by atoms with Gasteiger partial charge < -0.3 is 5.73 Å². The van der Waals surface area contributed by atoms with Gasteiger partial charge in [0.1, 0.15) is 0 Å². The van der Waals surface area contributed by atoms with E-state index in [0.717, 1.165) is 11.4 Å². The Kier molecular flexibility index (Phi) is 3.86. The standard InChI is InChI=1S/C13H17N3S/c1-10-3-5-11(6-4-10)17-9-12(14)13-7-8-15-16(13)2/h3-8,12H,9,14H2,1-2H3. The molecule has 90 valence electrons. The quantitative estimate of drug-likeness (QED) is 0.844. The third-order valence-corrected chi connectivity index (χ3v) is 3.82. The van der Waals surface area contributed by atoms with Gasteiger partial charge in [0.25, 0.3) is 0 Å². The van der Waals surface area contributed by atoms with Crippen molar-refractivity contribution in [3.8, 4) is 0 Å². The van der Waals surface area contributed by atoms with Crippen LogP contribution < -0.4 is 5.73 Å². The van der Waals surface area contributed by atoms with E-state index in [1.165, 1.54) is 10.5 Å². The number of nitrogens with two attached hydrogens (primary N) is 1. The highest BCUT2D eigenvalue weighted by Crippen LogP contribution is 2.23. The minimum absolute atomic E-state index is 0.0220. The van der Waals surface area contributed by atoms with Crippen LogP contribution in [0.3, 0.4) is 0 Å². The SMILES string of the molecule is Cc1ccc(SCC(N)c2ccnn2C)cc1. The summed E-state index contributed by atoms with van der Waals surface area (Å²) < 4.78 is 1.83. The van der Waals surface area contributed by atoms with Crippen LogP contribution in [0.4, 0.5) is 0 Å². The van der Waals surface area contributed by atoms with Crippen molar-refractivity contribution in [2.75, 3.05) is 5.75 Å². The van der Waals surface area contributed by atoms with E-state index in [9.17, 15) is 0 Å². The first-order valence-electron chi connectivity index (χ1n) is 5.60. The molecule has 0 bridgehead atoms. The highest BCUT2D eigenvalue weighted by molar-refractivity contribution is 7.99. The second-order valence-corrected chi connectivity index (χ2v) is 5.20. The number of hydrogen-bond acceptors (Lipinski definition) is 3. The molecule has 0 saturated heterocycles. The summed E-state index contributed by atoms with van der Waals surface area (Å²) >= 11 is 1.78. The number of nitrogens with zero attached hydrogens (tertiary/aromatic N) is 2. The molecule has 1 aromatic heterocycles. The molecule has 1 heterocycles. The summed E-state index contributed by atoms with van der Waals surface area (Å²) in [6.45, 7) is 2.09. The second kappa shape index (κ2) is 5.38. The molecule has 2 aromatic rings. The average Bonchev–Trinajstić information content (AvgIpc) is 2.74. The van der Waals surface area contributed by atoms with Gasteiger partial charge in [-0.3, -0.25) is 4.68 Å². The molecule has 4 heteroatoms. The van der Waals surface area contributed by atoms with Gasteiger partial charge in [-0.15, -0.1) is 11.8 Å². The van der Waals surface area contributed by atoms with Crippen molar-refractivity contribution >= 4 is 11.8 Å². The van der Waals surface area contributed by atoms with Crippen LogP contribution in [-0.2, 0) is 7.05 Å². The molecule has 2 N–H and O–H groups in total. The Morgan fingerprint density at radius 3 is 2.59 bits per heavy atom. The molecule has 0 amide bonds. The highest BCUT2D eigenvalue weighted by atomic mass is 32.2. The van der Waals surface area contributed by atoms with Gasteiger partial charge in [0.05, 0.1) is 11.7 Å². The highest BCUT2D eigenvalue weighted by Gasteiger charge is 2.10. The zero-order valence-electron chi connectivity index (χ0n) is 10.1. The van der Waals surface area contributed by atoms with Crippen LogP contribution in [0.2, 0.25) is 0 Å². The Balaban J connectivity index is 1.94. The Morgan fingerprint density at radius 1 is 1.29 bits per heavy atom. The summed E-state index contributed by atoms with van der Waals surface area (Å²) in [5.74, 6) is 0.864. The Morgan fingerprint density at radius 2 is 2.00 bits per heavy atom. The predicted octanol–water partition coefficient (Wildman–Crippen LogP) is 2.52. The van der Waals surface area contributed by atoms with Crippen LogP contribution in [0.25, 0.3) is 0 Å². The van der Waals surface area contributed by atoms with Crippen molar-refractivity contribution in [1.82, 2.24) is 9.78 Å². The average molecular weight is 247 g/mol. The van der Waals surface area contributed by atoms with Crippen molar-refractivity contribution in [2.45, 2.75) is 17.9 Å². The van der Waals surface area contributed by atoms with Gasteiger partial charge in [0.2, 0.25) is 0 Å². The van der Waals surface area contributed by atoms with Crippen LogP contribution in [-0.4, -0.2) is 15.5 Å². The van der Waals surface area contributed by atoms with E-state index in [4.69, 9.17) is 5.73 Å². The van der Waals surface area contributed by atoms with Gasteiger partial charge in [-0.25, -0.2) is 0 Å². The molecule has 0 aliphatic rings. The Labute approximate surface area is 106 Å². The van der Waals surface area contributed by atoms with Crippen LogP contribution in [0.15, 0.2) is 41.4 Å². The van der Waals surface area contributed by atoms with Crippen LogP contribution in [0.5, 0.6) is 0 Å². The smallest absolute Gasteiger partial charge is 0.0562 e. The number of aromatic nitrogens is 2. The molecule has 2 rings (SSSR count). The molecule has 0 spiro atoms. The van der Waals surface area contributed by atoms with Gasteiger partial charge in [-0.1, -0.05) is 17.7 Å². The lowest BCUT2D eigenvalue weighted by Crippen LogP contribution is -2.16. The van der Waals surface area contributed by atoms with Crippen LogP contribution in [0.1, 0.15) is 17.3 Å².